The SMILES string of the molecule is CC(=O)N1CCC(=NC2CCOCC2)/C(=C(\N)C2=CCCc3cc(-c4ccc(-c5ccc(C(=O)O)cn5)nc4)ncc32)C1. The van der Waals surface area contributed by atoms with Crippen LogP contribution in [0.4, 0.5) is 0 Å². The van der Waals surface area contributed by atoms with Crippen molar-refractivity contribution in [3.63, 3.8) is 0 Å². The van der Waals surface area contributed by atoms with E-state index in [1.54, 1.807) is 19.2 Å². The molecule has 3 aliphatic rings. The van der Waals surface area contributed by atoms with Gasteiger partial charge in [-0.1, -0.05) is 6.08 Å². The first-order valence-electron chi connectivity index (χ1n) is 14.6. The number of nitrogens with zero attached hydrogens (tertiary/aromatic N) is 5. The first kappa shape index (κ1) is 28.4. The average molecular weight is 579 g/mol. The molecule has 0 atom stereocenters. The summed E-state index contributed by atoms with van der Waals surface area (Å²) >= 11 is 0. The van der Waals surface area contributed by atoms with E-state index in [4.69, 9.17) is 25.6 Å². The van der Waals surface area contributed by atoms with E-state index in [0.29, 0.717) is 36.6 Å². The van der Waals surface area contributed by atoms with Crippen LogP contribution in [-0.2, 0) is 16.0 Å². The maximum atomic E-state index is 12.3. The molecule has 0 saturated carbocycles. The zero-order valence-electron chi connectivity index (χ0n) is 24.1. The average Bonchev–Trinajstić information content (AvgIpc) is 3.04. The normalized spacial score (nSPS) is 19.5. The molecule has 0 bridgehead atoms. The van der Waals surface area contributed by atoms with Gasteiger partial charge in [0.2, 0.25) is 5.91 Å². The van der Waals surface area contributed by atoms with Crippen LogP contribution in [0.3, 0.4) is 0 Å². The lowest BCUT2D eigenvalue weighted by molar-refractivity contribution is -0.128. The summed E-state index contributed by atoms with van der Waals surface area (Å²) in [7, 11) is 0. The highest BCUT2D eigenvalue weighted by atomic mass is 16.5. The number of hydrogen-bond acceptors (Lipinski definition) is 8. The van der Waals surface area contributed by atoms with Crippen molar-refractivity contribution in [3.8, 4) is 22.6 Å². The molecule has 0 spiro atoms. The van der Waals surface area contributed by atoms with E-state index in [0.717, 1.165) is 78.1 Å². The molecular weight excluding hydrogens is 544 g/mol. The molecule has 3 N–H and O–H groups in total. The van der Waals surface area contributed by atoms with Crippen molar-refractivity contribution in [1.82, 2.24) is 19.9 Å². The molecule has 10 heteroatoms. The number of likely N-dealkylation sites (tertiary alicyclic amines) is 1. The molecule has 3 aromatic heterocycles. The van der Waals surface area contributed by atoms with Crippen LogP contribution >= 0.6 is 0 Å². The minimum absolute atomic E-state index is 0.0347. The zero-order chi connectivity index (χ0) is 29.9. The smallest absolute Gasteiger partial charge is 0.337 e. The molecule has 1 amide bonds. The number of piperidine rings is 1. The van der Waals surface area contributed by atoms with E-state index in [1.165, 1.54) is 12.3 Å². The Balaban J connectivity index is 1.28. The molecule has 10 nitrogen and oxygen atoms in total. The minimum Gasteiger partial charge on any atom is -0.478 e. The quantitative estimate of drug-likeness (QED) is 0.456. The number of carbonyl (C=O) groups excluding carboxylic acids is 1. The number of amides is 1. The summed E-state index contributed by atoms with van der Waals surface area (Å²) in [5.41, 5.74) is 15.7. The number of nitrogens with two attached hydrogens (primary N) is 1. The lowest BCUT2D eigenvalue weighted by Crippen LogP contribution is -2.40. The fourth-order valence-corrected chi connectivity index (χ4v) is 5.81. The van der Waals surface area contributed by atoms with Gasteiger partial charge < -0.3 is 20.5 Å². The van der Waals surface area contributed by atoms with Crippen LogP contribution in [0.25, 0.3) is 28.2 Å². The van der Waals surface area contributed by atoms with Gasteiger partial charge in [-0.3, -0.25) is 24.7 Å². The molecule has 2 fully saturated rings. The third kappa shape index (κ3) is 6.10. The lowest BCUT2D eigenvalue weighted by atomic mass is 9.86. The number of pyridine rings is 3. The number of fused-ring (bicyclic) bond motifs is 1. The van der Waals surface area contributed by atoms with Crippen LogP contribution in [0.5, 0.6) is 0 Å². The zero-order valence-corrected chi connectivity index (χ0v) is 24.1. The Kier molecular flexibility index (Phi) is 8.11. The van der Waals surface area contributed by atoms with Gasteiger partial charge in [0, 0.05) is 91.9 Å². The van der Waals surface area contributed by atoms with E-state index in [1.807, 2.05) is 23.2 Å². The number of carboxylic acids is 1. The third-order valence-corrected chi connectivity index (χ3v) is 8.28. The maximum Gasteiger partial charge on any atom is 0.337 e. The summed E-state index contributed by atoms with van der Waals surface area (Å²) in [6.07, 6.45) is 11.3. The van der Waals surface area contributed by atoms with Crippen LogP contribution in [0.1, 0.15) is 54.1 Å². The Labute approximate surface area is 250 Å². The second-order valence-electron chi connectivity index (χ2n) is 11.1. The number of aromatic carboxylic acids is 1. The van der Waals surface area contributed by atoms with Crippen LogP contribution in [0, 0.1) is 0 Å². The number of allylic oxidation sites excluding steroid dienone is 2. The molecule has 5 heterocycles. The standard InChI is InChI=1S/C33H34N6O4/c1-20(40)39-12-9-28(38-24-10-13-43-14-11-24)27(19-39)32(34)25-4-2-3-21-15-31(37-18-26(21)25)22-5-7-29(35-16-22)30-8-6-23(17-36-30)33(41)42/h4-8,15-18,24H,2-3,9-14,19,34H2,1H3,(H,41,42)/b32-27-,38-28?. The predicted octanol–water partition coefficient (Wildman–Crippen LogP) is 4.32. The Morgan fingerprint density at radius 1 is 1.00 bits per heavy atom. The molecule has 3 aromatic rings. The van der Waals surface area contributed by atoms with Crippen LogP contribution in [0.2, 0.25) is 0 Å². The maximum absolute atomic E-state index is 12.3. The second-order valence-corrected chi connectivity index (χ2v) is 11.1. The van der Waals surface area contributed by atoms with Gasteiger partial charge in [0.05, 0.1) is 28.7 Å². The highest BCUT2D eigenvalue weighted by Crippen LogP contribution is 2.34. The van der Waals surface area contributed by atoms with Gasteiger partial charge >= 0.3 is 5.97 Å². The number of aromatic nitrogens is 3. The molecule has 220 valence electrons. The van der Waals surface area contributed by atoms with Crippen molar-refractivity contribution in [2.24, 2.45) is 10.7 Å². The molecule has 43 heavy (non-hydrogen) atoms. The highest BCUT2D eigenvalue weighted by molar-refractivity contribution is 6.06. The largest absolute Gasteiger partial charge is 0.478 e. The molecule has 2 saturated heterocycles. The predicted molar refractivity (Wildman–Crippen MR) is 163 cm³/mol. The summed E-state index contributed by atoms with van der Waals surface area (Å²) in [5, 5.41) is 9.11. The van der Waals surface area contributed by atoms with Crippen molar-refractivity contribution in [3.05, 3.63) is 83.0 Å². The Bertz CT molecular complexity index is 1640. The van der Waals surface area contributed by atoms with Gasteiger partial charge in [-0.25, -0.2) is 4.79 Å². The van der Waals surface area contributed by atoms with Crippen LogP contribution in [0.15, 0.2) is 71.3 Å². The topological polar surface area (TPSA) is 144 Å². The van der Waals surface area contributed by atoms with Gasteiger partial charge in [0.15, 0.2) is 0 Å². The van der Waals surface area contributed by atoms with E-state index < -0.39 is 5.97 Å². The number of aryl methyl sites for hydroxylation is 1. The third-order valence-electron chi connectivity index (χ3n) is 8.28. The van der Waals surface area contributed by atoms with Gasteiger partial charge in [-0.05, 0) is 61.6 Å². The van der Waals surface area contributed by atoms with Crippen LogP contribution < -0.4 is 5.73 Å². The monoisotopic (exact) mass is 578 g/mol. The van der Waals surface area contributed by atoms with Crippen molar-refractivity contribution in [2.45, 2.75) is 45.1 Å². The van der Waals surface area contributed by atoms with Crippen molar-refractivity contribution in [2.75, 3.05) is 26.3 Å². The molecule has 0 radical (unpaired) electrons. The van der Waals surface area contributed by atoms with E-state index in [2.05, 4.69) is 22.1 Å². The fourth-order valence-electron chi connectivity index (χ4n) is 5.81. The summed E-state index contributed by atoms with van der Waals surface area (Å²) in [4.78, 5) is 43.9. The number of carbonyl (C=O) groups is 2. The highest BCUT2D eigenvalue weighted by Gasteiger charge is 2.28. The van der Waals surface area contributed by atoms with Gasteiger partial charge in [-0.2, -0.15) is 0 Å². The molecule has 1 aliphatic carbocycles. The van der Waals surface area contributed by atoms with Crippen molar-refractivity contribution in [1.29, 1.82) is 0 Å². The fraction of sp³-hybridized carbons (Fsp3) is 0.333. The first-order valence-corrected chi connectivity index (χ1v) is 14.6. The Morgan fingerprint density at radius 2 is 1.74 bits per heavy atom. The van der Waals surface area contributed by atoms with Crippen molar-refractivity contribution >= 4 is 23.2 Å². The summed E-state index contributed by atoms with van der Waals surface area (Å²) < 4.78 is 5.53. The second kappa shape index (κ2) is 12.3. The number of aliphatic imine (C=N–C) groups is 1. The van der Waals surface area contributed by atoms with E-state index >= 15 is 0 Å². The van der Waals surface area contributed by atoms with Gasteiger partial charge in [0.25, 0.3) is 0 Å². The first-order chi connectivity index (χ1) is 20.9. The van der Waals surface area contributed by atoms with Crippen molar-refractivity contribution < 1.29 is 19.4 Å². The molecule has 0 aromatic carbocycles. The van der Waals surface area contributed by atoms with E-state index in [9.17, 15) is 9.59 Å². The molecule has 2 aliphatic heterocycles. The van der Waals surface area contributed by atoms with Crippen LogP contribution in [-0.4, -0.2) is 74.9 Å². The number of rotatable bonds is 5. The number of hydrogen-bond donors (Lipinski definition) is 2. The molecular formula is C33H34N6O4. The van der Waals surface area contributed by atoms with Gasteiger partial charge in [-0.15, -0.1) is 0 Å². The molecule has 0 unspecified atom stereocenters. The van der Waals surface area contributed by atoms with E-state index in [-0.39, 0.29) is 17.5 Å². The lowest BCUT2D eigenvalue weighted by Gasteiger charge is -2.32. The minimum atomic E-state index is -1.02. The van der Waals surface area contributed by atoms with Gasteiger partial charge in [0.1, 0.15) is 0 Å². The number of ether oxygens (including phenoxy) is 1. The summed E-state index contributed by atoms with van der Waals surface area (Å²) in [6.45, 7) is 4.13. The number of carboxylic acid groups (broad SMARTS) is 1. The summed E-state index contributed by atoms with van der Waals surface area (Å²) in [6, 6.07) is 9.27. The summed E-state index contributed by atoms with van der Waals surface area (Å²) in [5.74, 6) is -0.982. The molecule has 6 rings (SSSR count). The Hall–Kier alpha value is -4.70. The Morgan fingerprint density at radius 3 is 2.42 bits per heavy atom.